The smallest absolute Gasteiger partial charge is 0.232 e. The number of nitrogens with zero attached hydrogens (tertiary/aromatic N) is 4. The van der Waals surface area contributed by atoms with Gasteiger partial charge < -0.3 is 20.4 Å². The van der Waals surface area contributed by atoms with Crippen LogP contribution >= 0.6 is 23.8 Å². The molecule has 1 aromatic heterocycles. The van der Waals surface area contributed by atoms with Gasteiger partial charge in [0.05, 0.1) is 0 Å². The van der Waals surface area contributed by atoms with Crippen molar-refractivity contribution in [1.29, 1.82) is 0 Å². The number of aromatic nitrogens is 2. The van der Waals surface area contributed by atoms with Crippen LogP contribution in [0.15, 0.2) is 78.9 Å². The molecule has 0 saturated heterocycles. The minimum atomic E-state index is 0.0485. The molecule has 1 fully saturated rings. The zero-order valence-electron chi connectivity index (χ0n) is 22.9. The predicted octanol–water partition coefficient (Wildman–Crippen LogP) is 6.97. The highest BCUT2D eigenvalue weighted by Gasteiger charge is 2.35. The Bertz CT molecular complexity index is 1460. The van der Waals surface area contributed by atoms with Crippen LogP contribution in [0.25, 0.3) is 0 Å². The average Bonchev–Trinajstić information content (AvgIpc) is 3.75. The zero-order chi connectivity index (χ0) is 27.8. The second-order valence-corrected chi connectivity index (χ2v) is 12.3. The van der Waals surface area contributed by atoms with Gasteiger partial charge in [0.25, 0.3) is 0 Å². The van der Waals surface area contributed by atoms with E-state index in [2.05, 4.69) is 87.2 Å². The predicted molar refractivity (Wildman–Crippen MR) is 171 cm³/mol. The van der Waals surface area contributed by atoms with Crippen molar-refractivity contribution < 1.29 is 0 Å². The van der Waals surface area contributed by atoms with Crippen molar-refractivity contribution in [2.45, 2.75) is 57.3 Å². The summed E-state index contributed by atoms with van der Waals surface area (Å²) in [5, 5.41) is 8.16. The van der Waals surface area contributed by atoms with Crippen LogP contribution in [0.1, 0.15) is 53.5 Å². The Balaban J connectivity index is 1.12. The van der Waals surface area contributed by atoms with Crippen molar-refractivity contribution in [3.05, 3.63) is 112 Å². The molecule has 3 aromatic carbocycles. The molecule has 0 spiro atoms. The molecule has 0 unspecified atom stereocenters. The highest BCUT2D eigenvalue weighted by Crippen LogP contribution is 2.41. The van der Waals surface area contributed by atoms with Gasteiger partial charge in [-0.25, -0.2) is 0 Å². The molecule has 8 heteroatoms. The van der Waals surface area contributed by atoms with E-state index in [0.717, 1.165) is 62.2 Å². The first-order valence-electron chi connectivity index (χ1n) is 14.4. The van der Waals surface area contributed by atoms with Crippen molar-refractivity contribution in [3.8, 4) is 0 Å². The number of anilines is 3. The summed E-state index contributed by atoms with van der Waals surface area (Å²) in [5.74, 6) is 2.33. The van der Waals surface area contributed by atoms with Crippen LogP contribution in [0, 0.1) is 0 Å². The van der Waals surface area contributed by atoms with Gasteiger partial charge in [-0.15, -0.1) is 0 Å². The summed E-state index contributed by atoms with van der Waals surface area (Å²) >= 11 is 12.0. The van der Waals surface area contributed by atoms with E-state index in [1.807, 2.05) is 12.1 Å². The third-order valence-electron chi connectivity index (χ3n) is 8.86. The number of rotatable bonds is 6. The van der Waals surface area contributed by atoms with Gasteiger partial charge in [-0.05, 0) is 65.0 Å². The molecule has 7 rings (SSSR count). The van der Waals surface area contributed by atoms with Crippen molar-refractivity contribution >= 4 is 46.5 Å². The Morgan fingerprint density at radius 3 is 1.73 bits per heavy atom. The fourth-order valence-corrected chi connectivity index (χ4v) is 6.90. The van der Waals surface area contributed by atoms with Gasteiger partial charge in [0.15, 0.2) is 5.11 Å². The normalized spacial score (nSPS) is 16.9. The van der Waals surface area contributed by atoms with Gasteiger partial charge in [-0.1, -0.05) is 85.1 Å². The lowest BCUT2D eigenvalue weighted by atomic mass is 9.79. The Morgan fingerprint density at radius 2 is 1.24 bits per heavy atom. The van der Waals surface area contributed by atoms with E-state index in [9.17, 15) is 0 Å². The largest absolute Gasteiger partial charge is 0.361 e. The van der Waals surface area contributed by atoms with Gasteiger partial charge in [-0.2, -0.15) is 9.97 Å². The zero-order valence-corrected chi connectivity index (χ0v) is 24.5. The van der Waals surface area contributed by atoms with Crippen molar-refractivity contribution in [1.82, 2.24) is 15.3 Å². The Labute approximate surface area is 251 Å². The summed E-state index contributed by atoms with van der Waals surface area (Å²) in [6, 6.07) is 27.6. The first-order chi connectivity index (χ1) is 20.0. The van der Waals surface area contributed by atoms with E-state index in [-0.39, 0.29) is 5.41 Å². The van der Waals surface area contributed by atoms with E-state index < -0.39 is 0 Å². The quantitative estimate of drug-likeness (QED) is 0.239. The van der Waals surface area contributed by atoms with Gasteiger partial charge in [0, 0.05) is 49.2 Å². The van der Waals surface area contributed by atoms with Crippen LogP contribution in [0.2, 0.25) is 5.02 Å². The number of halogens is 1. The molecule has 2 aliphatic heterocycles. The van der Waals surface area contributed by atoms with E-state index in [4.69, 9.17) is 33.8 Å². The minimum absolute atomic E-state index is 0.0485. The minimum Gasteiger partial charge on any atom is -0.361 e. The van der Waals surface area contributed by atoms with Crippen LogP contribution in [-0.2, 0) is 31.6 Å². The number of nitrogens with one attached hydrogen (secondary N) is 2. The maximum absolute atomic E-state index is 6.19. The highest BCUT2D eigenvalue weighted by atomic mass is 35.5. The van der Waals surface area contributed by atoms with E-state index in [1.54, 1.807) is 0 Å². The molecular weight excluding hydrogens is 548 g/mol. The Kier molecular flexibility index (Phi) is 7.01. The standard InChI is InChI=1S/C33H33ClN6S/c34-28-13-11-27(12-14-28)33(15-5-6-16-33)22-35-32(41)38-31-36-29(39-18-23-7-1-2-8-24(23)19-39)17-30(37-31)40-20-25-9-3-4-10-26(25)21-40/h1-4,7-14,17H,5-6,15-16,18-22H2,(H2,35,36,37,38,41). The van der Waals surface area contributed by atoms with Crippen LogP contribution in [-0.4, -0.2) is 21.6 Å². The molecule has 0 atom stereocenters. The van der Waals surface area contributed by atoms with Gasteiger partial charge in [0.2, 0.25) is 5.95 Å². The molecule has 4 aromatic rings. The van der Waals surface area contributed by atoms with Crippen LogP contribution in [0.4, 0.5) is 17.6 Å². The number of hydrogen-bond donors (Lipinski definition) is 2. The van der Waals surface area contributed by atoms with Crippen molar-refractivity contribution in [2.24, 2.45) is 0 Å². The third kappa shape index (κ3) is 5.36. The first kappa shape index (κ1) is 26.2. The van der Waals surface area contributed by atoms with Crippen LogP contribution in [0.3, 0.4) is 0 Å². The summed E-state index contributed by atoms with van der Waals surface area (Å²) in [7, 11) is 0. The van der Waals surface area contributed by atoms with E-state index >= 15 is 0 Å². The summed E-state index contributed by atoms with van der Waals surface area (Å²) in [4.78, 5) is 14.5. The topological polar surface area (TPSA) is 56.3 Å². The van der Waals surface area contributed by atoms with Gasteiger partial charge >= 0.3 is 0 Å². The lowest BCUT2D eigenvalue weighted by molar-refractivity contribution is 0.435. The maximum Gasteiger partial charge on any atom is 0.232 e. The molecule has 0 radical (unpaired) electrons. The molecule has 0 bridgehead atoms. The molecule has 2 N–H and O–H groups in total. The summed E-state index contributed by atoms with van der Waals surface area (Å²) in [6.45, 7) is 4.09. The van der Waals surface area contributed by atoms with Gasteiger partial charge in [-0.3, -0.25) is 0 Å². The van der Waals surface area contributed by atoms with E-state index in [0.29, 0.717) is 11.1 Å². The monoisotopic (exact) mass is 580 g/mol. The highest BCUT2D eigenvalue weighted by molar-refractivity contribution is 7.80. The molecule has 6 nitrogen and oxygen atoms in total. The summed E-state index contributed by atoms with van der Waals surface area (Å²) in [5.41, 5.74) is 6.74. The number of thiocarbonyl (C=S) groups is 1. The molecular formula is C33H33ClN6S. The molecule has 3 heterocycles. The van der Waals surface area contributed by atoms with Crippen molar-refractivity contribution in [3.63, 3.8) is 0 Å². The summed E-state index contributed by atoms with van der Waals surface area (Å²) in [6.07, 6.45) is 4.70. The molecule has 41 heavy (non-hydrogen) atoms. The number of fused-ring (bicyclic) bond motifs is 2. The number of benzene rings is 3. The Morgan fingerprint density at radius 1 is 0.756 bits per heavy atom. The fraction of sp³-hybridized carbons (Fsp3) is 0.303. The maximum atomic E-state index is 6.19. The molecule has 1 aliphatic carbocycles. The molecule has 3 aliphatic rings. The van der Waals surface area contributed by atoms with Crippen LogP contribution in [0.5, 0.6) is 0 Å². The first-order valence-corrected chi connectivity index (χ1v) is 15.2. The lowest BCUT2D eigenvalue weighted by Gasteiger charge is -2.30. The molecule has 1 saturated carbocycles. The second kappa shape index (κ2) is 11.0. The van der Waals surface area contributed by atoms with Crippen molar-refractivity contribution in [2.75, 3.05) is 21.7 Å². The number of hydrogen-bond acceptors (Lipinski definition) is 5. The average molecular weight is 581 g/mol. The molecule has 0 amide bonds. The fourth-order valence-electron chi connectivity index (χ4n) is 6.61. The second-order valence-electron chi connectivity index (χ2n) is 11.5. The Hall–Kier alpha value is -3.68. The van der Waals surface area contributed by atoms with E-state index in [1.165, 1.54) is 40.7 Å². The molecule has 208 valence electrons. The SMILES string of the molecule is S=C(NCC1(c2ccc(Cl)cc2)CCCC1)Nc1nc(N2Cc3ccccc3C2)cc(N2Cc3ccccc3C2)n1. The lowest BCUT2D eigenvalue weighted by Crippen LogP contribution is -2.41. The summed E-state index contributed by atoms with van der Waals surface area (Å²) < 4.78 is 0. The van der Waals surface area contributed by atoms with Crippen LogP contribution < -0.4 is 20.4 Å². The third-order valence-corrected chi connectivity index (χ3v) is 9.36. The van der Waals surface area contributed by atoms with Gasteiger partial charge in [0.1, 0.15) is 11.6 Å².